The van der Waals surface area contributed by atoms with E-state index in [2.05, 4.69) is 21.2 Å². The summed E-state index contributed by atoms with van der Waals surface area (Å²) in [4.78, 5) is 24.9. The van der Waals surface area contributed by atoms with Gasteiger partial charge in [-0.05, 0) is 41.9 Å². The van der Waals surface area contributed by atoms with E-state index in [1.165, 1.54) is 0 Å². The first-order valence-corrected chi connectivity index (χ1v) is 6.77. The van der Waals surface area contributed by atoms with Crippen LogP contribution in [-0.2, 0) is 4.74 Å². The SMILES string of the molecule is CC(C)N1CC(CNC(=O)c2ccc(Br)o2)OC1=O. The molecule has 0 aromatic carbocycles. The van der Waals surface area contributed by atoms with Crippen LogP contribution in [0.3, 0.4) is 0 Å². The number of ether oxygens (including phenoxy) is 1. The van der Waals surface area contributed by atoms with Crippen molar-refractivity contribution in [3.63, 3.8) is 0 Å². The molecule has 2 amide bonds. The fourth-order valence-corrected chi connectivity index (χ4v) is 2.11. The van der Waals surface area contributed by atoms with E-state index in [0.717, 1.165) is 0 Å². The lowest BCUT2D eigenvalue weighted by molar-refractivity contribution is 0.0886. The highest BCUT2D eigenvalue weighted by Gasteiger charge is 2.33. The quantitative estimate of drug-likeness (QED) is 0.916. The Hall–Kier alpha value is -1.50. The van der Waals surface area contributed by atoms with Gasteiger partial charge in [-0.3, -0.25) is 4.79 Å². The van der Waals surface area contributed by atoms with Gasteiger partial charge in [0, 0.05) is 6.04 Å². The zero-order valence-corrected chi connectivity index (χ0v) is 12.3. The molecule has 1 atom stereocenters. The zero-order valence-electron chi connectivity index (χ0n) is 10.7. The maximum absolute atomic E-state index is 11.7. The van der Waals surface area contributed by atoms with Crippen LogP contribution < -0.4 is 5.32 Å². The standard InChI is InChI=1S/C12H15BrN2O4/c1-7(2)15-6-8(18-12(15)17)5-14-11(16)9-3-4-10(13)19-9/h3-4,7-8H,5-6H2,1-2H3,(H,14,16). The van der Waals surface area contributed by atoms with Crippen molar-refractivity contribution >= 4 is 27.9 Å². The van der Waals surface area contributed by atoms with Gasteiger partial charge >= 0.3 is 6.09 Å². The minimum Gasteiger partial charge on any atom is -0.444 e. The minimum absolute atomic E-state index is 0.0919. The molecule has 2 rings (SSSR count). The zero-order chi connectivity index (χ0) is 14.0. The minimum atomic E-state index is -0.338. The molecule has 1 aromatic rings. The molecular formula is C12H15BrN2O4. The van der Waals surface area contributed by atoms with E-state index in [0.29, 0.717) is 11.2 Å². The number of amides is 2. The van der Waals surface area contributed by atoms with Gasteiger partial charge in [0.2, 0.25) is 0 Å². The Morgan fingerprint density at radius 3 is 2.84 bits per heavy atom. The van der Waals surface area contributed by atoms with Crippen molar-refractivity contribution in [2.24, 2.45) is 0 Å². The topological polar surface area (TPSA) is 71.8 Å². The Morgan fingerprint density at radius 2 is 2.32 bits per heavy atom. The molecule has 0 radical (unpaired) electrons. The molecule has 1 aliphatic heterocycles. The molecule has 19 heavy (non-hydrogen) atoms. The van der Waals surface area contributed by atoms with E-state index in [1.54, 1.807) is 17.0 Å². The van der Waals surface area contributed by atoms with E-state index in [-0.39, 0.29) is 36.5 Å². The molecule has 7 heteroatoms. The average Bonchev–Trinajstić information content (AvgIpc) is 2.92. The second-order valence-electron chi connectivity index (χ2n) is 4.57. The van der Waals surface area contributed by atoms with Crippen LogP contribution >= 0.6 is 15.9 Å². The normalized spacial score (nSPS) is 18.8. The van der Waals surface area contributed by atoms with Gasteiger partial charge in [0.05, 0.1) is 13.1 Å². The fraction of sp³-hybridized carbons (Fsp3) is 0.500. The molecule has 0 bridgehead atoms. The van der Waals surface area contributed by atoms with Crippen LogP contribution in [0, 0.1) is 0 Å². The van der Waals surface area contributed by atoms with E-state index in [1.807, 2.05) is 13.8 Å². The Labute approximate surface area is 119 Å². The number of cyclic esters (lactones) is 1. The summed E-state index contributed by atoms with van der Waals surface area (Å²) in [6, 6.07) is 3.31. The van der Waals surface area contributed by atoms with E-state index in [4.69, 9.17) is 9.15 Å². The van der Waals surface area contributed by atoms with Gasteiger partial charge in [0.25, 0.3) is 5.91 Å². The summed E-state index contributed by atoms with van der Waals surface area (Å²) in [7, 11) is 0. The number of furan rings is 1. The lowest BCUT2D eigenvalue weighted by Crippen LogP contribution is -2.36. The third-order valence-corrected chi connectivity index (χ3v) is 3.24. The van der Waals surface area contributed by atoms with Crippen LogP contribution in [0.5, 0.6) is 0 Å². The Morgan fingerprint density at radius 1 is 1.58 bits per heavy atom. The van der Waals surface area contributed by atoms with Crippen molar-refractivity contribution < 1.29 is 18.7 Å². The summed E-state index contributed by atoms with van der Waals surface area (Å²) in [5.74, 6) is -0.110. The second-order valence-corrected chi connectivity index (χ2v) is 5.35. The van der Waals surface area contributed by atoms with Gasteiger partial charge in [-0.2, -0.15) is 0 Å². The molecule has 0 aliphatic carbocycles. The highest BCUT2D eigenvalue weighted by atomic mass is 79.9. The first-order chi connectivity index (χ1) is 8.97. The largest absolute Gasteiger partial charge is 0.444 e. The number of hydrogen-bond donors (Lipinski definition) is 1. The number of halogens is 1. The van der Waals surface area contributed by atoms with Crippen LogP contribution in [0.15, 0.2) is 21.2 Å². The Kier molecular flexibility index (Phi) is 4.14. The van der Waals surface area contributed by atoms with Crippen molar-refractivity contribution in [3.8, 4) is 0 Å². The Bertz CT molecular complexity index is 486. The smallest absolute Gasteiger partial charge is 0.410 e. The lowest BCUT2D eigenvalue weighted by atomic mass is 10.3. The van der Waals surface area contributed by atoms with Gasteiger partial charge in [0.15, 0.2) is 10.4 Å². The van der Waals surface area contributed by atoms with Crippen LogP contribution in [0.4, 0.5) is 4.79 Å². The first kappa shape index (κ1) is 13.9. The van der Waals surface area contributed by atoms with Crippen molar-refractivity contribution in [1.82, 2.24) is 10.2 Å². The highest BCUT2D eigenvalue weighted by molar-refractivity contribution is 9.10. The first-order valence-electron chi connectivity index (χ1n) is 5.98. The summed E-state index contributed by atoms with van der Waals surface area (Å²) in [6.45, 7) is 4.59. The van der Waals surface area contributed by atoms with Crippen LogP contribution in [0.2, 0.25) is 0 Å². The summed E-state index contributed by atoms with van der Waals surface area (Å²) in [5.41, 5.74) is 0. The van der Waals surface area contributed by atoms with Crippen LogP contribution in [0.25, 0.3) is 0 Å². The van der Waals surface area contributed by atoms with E-state index >= 15 is 0 Å². The molecule has 1 unspecified atom stereocenters. The molecule has 1 saturated heterocycles. The molecular weight excluding hydrogens is 316 g/mol. The summed E-state index contributed by atoms with van der Waals surface area (Å²) in [5, 5.41) is 2.68. The molecule has 0 saturated carbocycles. The lowest BCUT2D eigenvalue weighted by Gasteiger charge is -2.16. The maximum Gasteiger partial charge on any atom is 0.410 e. The monoisotopic (exact) mass is 330 g/mol. The third-order valence-electron chi connectivity index (χ3n) is 2.81. The summed E-state index contributed by atoms with van der Waals surface area (Å²) < 4.78 is 10.8. The highest BCUT2D eigenvalue weighted by Crippen LogP contribution is 2.15. The van der Waals surface area contributed by atoms with Crippen molar-refractivity contribution in [1.29, 1.82) is 0 Å². The van der Waals surface area contributed by atoms with Gasteiger partial charge in [-0.25, -0.2) is 4.79 Å². The molecule has 0 spiro atoms. The number of hydrogen-bond acceptors (Lipinski definition) is 4. The third kappa shape index (κ3) is 3.28. The fourth-order valence-electron chi connectivity index (χ4n) is 1.80. The predicted octanol–water partition coefficient (Wildman–Crippen LogP) is 2.00. The van der Waals surface area contributed by atoms with E-state index in [9.17, 15) is 9.59 Å². The molecule has 104 valence electrons. The molecule has 1 aliphatic rings. The number of carbonyl (C=O) groups excluding carboxylic acids is 2. The molecule has 1 fully saturated rings. The Balaban J connectivity index is 1.84. The number of carbonyl (C=O) groups is 2. The predicted molar refractivity (Wildman–Crippen MR) is 70.9 cm³/mol. The van der Waals surface area contributed by atoms with Crippen LogP contribution in [0.1, 0.15) is 24.4 Å². The number of nitrogens with zero attached hydrogens (tertiary/aromatic N) is 1. The summed E-state index contributed by atoms with van der Waals surface area (Å²) >= 11 is 3.13. The summed E-state index contributed by atoms with van der Waals surface area (Å²) in [6.07, 6.45) is -0.660. The van der Waals surface area contributed by atoms with Gasteiger partial charge in [0.1, 0.15) is 6.10 Å². The van der Waals surface area contributed by atoms with Gasteiger partial charge < -0.3 is 19.4 Å². The second kappa shape index (κ2) is 5.64. The van der Waals surface area contributed by atoms with Gasteiger partial charge in [-0.15, -0.1) is 0 Å². The van der Waals surface area contributed by atoms with Crippen molar-refractivity contribution in [3.05, 3.63) is 22.6 Å². The number of rotatable bonds is 4. The van der Waals surface area contributed by atoms with Crippen molar-refractivity contribution in [2.75, 3.05) is 13.1 Å². The number of nitrogens with one attached hydrogen (secondary N) is 1. The van der Waals surface area contributed by atoms with Gasteiger partial charge in [-0.1, -0.05) is 0 Å². The molecule has 2 heterocycles. The van der Waals surface area contributed by atoms with E-state index < -0.39 is 0 Å². The van der Waals surface area contributed by atoms with Crippen LogP contribution in [-0.4, -0.2) is 42.1 Å². The molecule has 6 nitrogen and oxygen atoms in total. The van der Waals surface area contributed by atoms with Crippen molar-refractivity contribution in [2.45, 2.75) is 26.0 Å². The molecule has 1 aromatic heterocycles. The molecule has 1 N–H and O–H groups in total. The maximum atomic E-state index is 11.7. The average molecular weight is 331 g/mol.